The summed E-state index contributed by atoms with van der Waals surface area (Å²) in [5.41, 5.74) is 5.41. The molecular weight excluding hydrogens is 298 g/mol. The van der Waals surface area contributed by atoms with Gasteiger partial charge in [-0.1, -0.05) is 11.8 Å². The Balaban J connectivity index is 1.90. The van der Waals surface area contributed by atoms with Gasteiger partial charge in [-0.05, 0) is 10.6 Å². The lowest BCUT2D eigenvalue weighted by molar-refractivity contribution is -0.763. The molecule has 0 aliphatic carbocycles. The Kier molecular flexibility index (Phi) is 5.40. The predicted octanol–water partition coefficient (Wildman–Crippen LogP) is -1.44. The van der Waals surface area contributed by atoms with Gasteiger partial charge in [0, 0.05) is 12.9 Å². The van der Waals surface area contributed by atoms with Crippen LogP contribution >= 0.6 is 11.8 Å². The molecule has 2 aromatic heterocycles. The maximum atomic E-state index is 11.7. The van der Waals surface area contributed by atoms with E-state index in [1.165, 1.54) is 17.2 Å². The number of hydrogen-bond acceptors (Lipinski definition) is 10. The van der Waals surface area contributed by atoms with Gasteiger partial charge < -0.3 is 15.6 Å². The van der Waals surface area contributed by atoms with Crippen molar-refractivity contribution < 1.29 is 19.0 Å². The van der Waals surface area contributed by atoms with Crippen LogP contribution in [-0.2, 0) is 11.3 Å². The van der Waals surface area contributed by atoms with Crippen molar-refractivity contribution in [2.75, 3.05) is 25.2 Å². The Bertz CT molecular complexity index is 618. The van der Waals surface area contributed by atoms with Crippen LogP contribution in [0.1, 0.15) is 0 Å². The summed E-state index contributed by atoms with van der Waals surface area (Å²) < 4.78 is 11.3. The highest BCUT2D eigenvalue weighted by molar-refractivity contribution is 7.99. The fourth-order valence-electron chi connectivity index (χ4n) is 1.25. The third-order valence-electron chi connectivity index (χ3n) is 2.15. The molecule has 0 amide bonds. The van der Waals surface area contributed by atoms with Crippen molar-refractivity contribution in [2.45, 2.75) is 11.7 Å². The Hall–Kier alpha value is -2.27. The molecule has 11 heteroatoms. The third-order valence-corrected chi connectivity index (χ3v) is 3.00. The molecule has 0 aliphatic rings. The number of methoxy groups -OCH3 is 1. The maximum Gasteiger partial charge on any atom is 0.320 e. The Morgan fingerprint density at radius 1 is 1.57 bits per heavy atom. The van der Waals surface area contributed by atoms with Gasteiger partial charge in [0.25, 0.3) is 6.20 Å². The lowest BCUT2D eigenvalue weighted by Crippen LogP contribution is -2.36. The van der Waals surface area contributed by atoms with Crippen molar-refractivity contribution in [3.8, 4) is 0 Å². The first-order valence-electron chi connectivity index (χ1n) is 5.84. The third kappa shape index (κ3) is 4.96. The van der Waals surface area contributed by atoms with Crippen molar-refractivity contribution in [3.63, 3.8) is 0 Å². The minimum Gasteiger partial charge on any atom is -0.861 e. The summed E-state index contributed by atoms with van der Waals surface area (Å²) in [7, 11) is 1.58. The van der Waals surface area contributed by atoms with E-state index in [2.05, 4.69) is 25.2 Å². The van der Waals surface area contributed by atoms with Crippen LogP contribution in [0.3, 0.4) is 0 Å². The average Bonchev–Trinajstić information content (AvgIpc) is 2.90. The molecule has 0 fully saturated rings. The Morgan fingerprint density at radius 3 is 3.19 bits per heavy atom. The second-order valence-electron chi connectivity index (χ2n) is 3.72. The number of anilines is 1. The van der Waals surface area contributed by atoms with Gasteiger partial charge in [-0.25, -0.2) is 15.0 Å². The molecule has 0 spiro atoms. The lowest BCUT2D eigenvalue weighted by atomic mass is 10.6. The van der Waals surface area contributed by atoms with Crippen LogP contribution in [0, 0.1) is 0 Å². The number of rotatable bonds is 7. The largest absolute Gasteiger partial charge is 0.861 e. The highest BCUT2D eigenvalue weighted by atomic mass is 32.2. The molecular formula is C10H13N7O3S. The van der Waals surface area contributed by atoms with Gasteiger partial charge in [-0.15, -0.1) is 0 Å². The van der Waals surface area contributed by atoms with E-state index in [-0.39, 0.29) is 17.6 Å². The van der Waals surface area contributed by atoms with E-state index in [0.717, 1.165) is 11.8 Å². The number of nitrogens with zero attached hydrogens (tertiary/aromatic N) is 6. The van der Waals surface area contributed by atoms with E-state index >= 15 is 0 Å². The first-order chi connectivity index (χ1) is 10.2. The first-order valence-corrected chi connectivity index (χ1v) is 6.83. The predicted molar refractivity (Wildman–Crippen MR) is 70.6 cm³/mol. The smallest absolute Gasteiger partial charge is 0.320 e. The van der Waals surface area contributed by atoms with Gasteiger partial charge in [-0.2, -0.15) is 4.98 Å². The van der Waals surface area contributed by atoms with E-state index in [1.54, 1.807) is 7.11 Å². The van der Waals surface area contributed by atoms with Gasteiger partial charge in [0.2, 0.25) is 17.8 Å². The molecule has 21 heavy (non-hydrogen) atoms. The molecule has 0 saturated heterocycles. The average molecular weight is 311 g/mol. The quantitative estimate of drug-likeness (QED) is 0.282. The second-order valence-corrected chi connectivity index (χ2v) is 4.66. The van der Waals surface area contributed by atoms with Gasteiger partial charge >= 0.3 is 5.88 Å². The number of thioether (sulfide) groups is 1. The number of nitrogens with two attached hydrogens (primary N) is 1. The standard InChI is InChI=1S/C10H13N7O3S/c1-19-3-2-17-4-8(20-16-17)14-7(18)5-21-10-13-6-12-9(11)15-10/h4,6H,2-3,5H2,1H3,(H2-,11,12,13,14,15,16,18). The molecule has 0 aromatic carbocycles. The van der Waals surface area contributed by atoms with Gasteiger partial charge in [0.15, 0.2) is 5.16 Å². The summed E-state index contributed by atoms with van der Waals surface area (Å²) >= 11 is 1.11. The van der Waals surface area contributed by atoms with E-state index in [4.69, 9.17) is 15.0 Å². The zero-order valence-electron chi connectivity index (χ0n) is 11.2. The Morgan fingerprint density at radius 2 is 2.43 bits per heavy atom. The van der Waals surface area contributed by atoms with Crippen LogP contribution in [0.15, 0.2) is 27.2 Å². The van der Waals surface area contributed by atoms with Crippen LogP contribution < -0.4 is 15.5 Å². The number of aromatic nitrogens is 5. The first kappa shape index (κ1) is 15.1. The zero-order chi connectivity index (χ0) is 15.1. The summed E-state index contributed by atoms with van der Waals surface area (Å²) in [4.78, 5) is 15.2. The van der Waals surface area contributed by atoms with E-state index in [1.807, 2.05) is 0 Å². The molecule has 10 nitrogen and oxygen atoms in total. The maximum absolute atomic E-state index is 11.7. The van der Waals surface area contributed by atoms with Gasteiger partial charge in [0.05, 0.1) is 0 Å². The molecule has 2 aromatic rings. The number of ether oxygens (including phenoxy) is 1. The van der Waals surface area contributed by atoms with Gasteiger partial charge in [0.1, 0.15) is 12.9 Å². The van der Waals surface area contributed by atoms with E-state index in [0.29, 0.717) is 18.3 Å². The number of aliphatic imine (C=N–C) groups is 1. The van der Waals surface area contributed by atoms with Crippen molar-refractivity contribution in [1.29, 1.82) is 0 Å². The molecule has 2 heterocycles. The van der Waals surface area contributed by atoms with Crippen molar-refractivity contribution in [1.82, 2.24) is 20.2 Å². The topological polar surface area (TPSA) is 139 Å². The van der Waals surface area contributed by atoms with Crippen LogP contribution in [0.5, 0.6) is 0 Å². The summed E-state index contributed by atoms with van der Waals surface area (Å²) in [6.45, 7) is 1.00. The minimum absolute atomic E-state index is 0.0578. The summed E-state index contributed by atoms with van der Waals surface area (Å²) in [6, 6.07) is 0. The zero-order valence-corrected chi connectivity index (χ0v) is 12.0. The van der Waals surface area contributed by atoms with Gasteiger partial charge in [-0.3, -0.25) is 4.52 Å². The normalized spacial score (nSPS) is 11.8. The molecule has 0 radical (unpaired) electrons. The molecule has 0 saturated carbocycles. The molecule has 2 N–H and O–H groups in total. The fourth-order valence-corrected chi connectivity index (χ4v) is 1.85. The SMILES string of the molecule is COCC[n+]1cc(/N=C(/[O-])CSc2ncnc(N)n2)on1. The number of hydrogen-bond donors (Lipinski definition) is 1. The molecule has 0 unspecified atom stereocenters. The van der Waals surface area contributed by atoms with Crippen LogP contribution in [-0.4, -0.2) is 45.6 Å². The van der Waals surface area contributed by atoms with Crippen LogP contribution in [0.25, 0.3) is 0 Å². The van der Waals surface area contributed by atoms with E-state index < -0.39 is 5.90 Å². The molecule has 2 rings (SSSR count). The highest BCUT2D eigenvalue weighted by Crippen LogP contribution is 2.13. The fraction of sp³-hybridized carbons (Fsp3) is 0.400. The molecule has 0 aliphatic heterocycles. The summed E-state index contributed by atoms with van der Waals surface area (Å²) in [5.74, 6) is -0.102. The minimum atomic E-state index is -0.394. The summed E-state index contributed by atoms with van der Waals surface area (Å²) in [6.07, 6.45) is 2.80. The van der Waals surface area contributed by atoms with Crippen molar-refractivity contribution >= 4 is 29.5 Å². The van der Waals surface area contributed by atoms with Crippen molar-refractivity contribution in [3.05, 3.63) is 12.5 Å². The monoisotopic (exact) mass is 311 g/mol. The van der Waals surface area contributed by atoms with Crippen LogP contribution in [0.2, 0.25) is 0 Å². The lowest BCUT2D eigenvalue weighted by Gasteiger charge is -2.06. The van der Waals surface area contributed by atoms with Crippen molar-refractivity contribution in [2.24, 2.45) is 4.99 Å². The van der Waals surface area contributed by atoms with E-state index in [9.17, 15) is 5.11 Å². The molecule has 0 atom stereocenters. The summed E-state index contributed by atoms with van der Waals surface area (Å²) in [5, 5.41) is 15.7. The number of nitrogen functional groups attached to an aromatic ring is 1. The highest BCUT2D eigenvalue weighted by Gasteiger charge is 2.09. The molecule has 0 bridgehead atoms. The molecule has 112 valence electrons. The Labute approximate surface area is 124 Å². The van der Waals surface area contributed by atoms with Crippen LogP contribution in [0.4, 0.5) is 11.8 Å². The second kappa shape index (κ2) is 7.50.